The Morgan fingerprint density at radius 3 is 2.62 bits per heavy atom. The molecule has 29 heavy (non-hydrogen) atoms. The third kappa shape index (κ3) is 4.01. The molecule has 0 saturated heterocycles. The van der Waals surface area contributed by atoms with Gasteiger partial charge in [-0.2, -0.15) is 5.10 Å². The van der Waals surface area contributed by atoms with E-state index in [1.54, 1.807) is 13.0 Å². The molecule has 3 aromatic carbocycles. The lowest BCUT2D eigenvalue weighted by Gasteiger charge is -2.14. The van der Waals surface area contributed by atoms with Crippen molar-refractivity contribution in [2.75, 3.05) is 0 Å². The van der Waals surface area contributed by atoms with Crippen LogP contribution in [0.5, 0.6) is 5.75 Å². The largest absolute Gasteiger partial charge is 0.480 e. The predicted octanol–water partition coefficient (Wildman–Crippen LogP) is 3.60. The van der Waals surface area contributed by atoms with E-state index in [9.17, 15) is 9.59 Å². The molecular weight excluding hydrogens is 366 g/mol. The van der Waals surface area contributed by atoms with Crippen LogP contribution in [-0.2, 0) is 4.79 Å². The molecule has 4 aromatic rings. The average molecular weight is 385 g/mol. The first kappa shape index (κ1) is 18.4. The van der Waals surface area contributed by atoms with Crippen LogP contribution in [0.2, 0.25) is 0 Å². The van der Waals surface area contributed by atoms with Crippen LogP contribution in [-0.4, -0.2) is 23.2 Å². The molecule has 4 rings (SSSR count). The topological polar surface area (TPSA) is 83.5 Å². The first-order chi connectivity index (χ1) is 14.1. The van der Waals surface area contributed by atoms with Gasteiger partial charge in [-0.15, -0.1) is 0 Å². The first-order valence-corrected chi connectivity index (χ1v) is 9.21. The Balaban J connectivity index is 1.45. The van der Waals surface area contributed by atoms with Gasteiger partial charge in [0.15, 0.2) is 6.10 Å². The molecule has 0 bridgehead atoms. The summed E-state index contributed by atoms with van der Waals surface area (Å²) in [7, 11) is 0. The maximum atomic E-state index is 12.3. The molecule has 0 fully saturated rings. The second-order valence-corrected chi connectivity index (χ2v) is 6.61. The number of aromatic nitrogens is 1. The molecule has 6 nitrogen and oxygen atoms in total. The number of benzene rings is 3. The number of carbonyl (C=O) groups is 1. The minimum atomic E-state index is -0.757. The summed E-state index contributed by atoms with van der Waals surface area (Å²) in [6.45, 7) is 1.65. The zero-order valence-electron chi connectivity index (χ0n) is 15.8. The number of nitrogens with zero attached hydrogens (tertiary/aromatic N) is 1. The standard InChI is InChI=1S/C23H19N3O3/c1-15(29-21-12-6-9-16-7-2-4-10-19(16)21)22(27)26-24-14-18-13-17-8-3-5-11-20(17)25-23(18)28/h2-15H,1H3,(H,25,28)(H,26,27)/b24-14-/t15-/m1/s1. The fraction of sp³-hybridized carbons (Fsp3) is 0.0870. The third-order valence-corrected chi connectivity index (χ3v) is 4.58. The van der Waals surface area contributed by atoms with Crippen LogP contribution in [0.4, 0.5) is 0 Å². The van der Waals surface area contributed by atoms with Gasteiger partial charge in [-0.25, -0.2) is 5.43 Å². The molecule has 1 heterocycles. The fourth-order valence-corrected chi connectivity index (χ4v) is 3.06. The average Bonchev–Trinajstić information content (AvgIpc) is 2.74. The SMILES string of the molecule is C[C@@H](Oc1cccc2ccccc12)C(=O)N/N=C\c1cc2ccccc2[nH]c1=O. The molecule has 0 aliphatic carbocycles. The zero-order valence-corrected chi connectivity index (χ0v) is 15.8. The highest BCUT2D eigenvalue weighted by Crippen LogP contribution is 2.26. The number of nitrogens with one attached hydrogen (secondary N) is 2. The minimum Gasteiger partial charge on any atom is -0.480 e. The van der Waals surface area contributed by atoms with Gasteiger partial charge in [0.05, 0.1) is 11.8 Å². The van der Waals surface area contributed by atoms with Crippen molar-refractivity contribution in [1.82, 2.24) is 10.4 Å². The number of hydrogen-bond acceptors (Lipinski definition) is 4. The Hall–Kier alpha value is -3.93. The van der Waals surface area contributed by atoms with Gasteiger partial charge in [-0.05, 0) is 35.9 Å². The molecule has 0 unspecified atom stereocenters. The van der Waals surface area contributed by atoms with E-state index < -0.39 is 12.0 Å². The summed E-state index contributed by atoms with van der Waals surface area (Å²) in [4.78, 5) is 27.2. The highest BCUT2D eigenvalue weighted by Gasteiger charge is 2.15. The molecule has 0 saturated carbocycles. The fourth-order valence-electron chi connectivity index (χ4n) is 3.06. The van der Waals surface area contributed by atoms with Crippen LogP contribution in [0.25, 0.3) is 21.7 Å². The molecule has 0 aliphatic heterocycles. The Kier molecular flexibility index (Phi) is 5.07. The van der Waals surface area contributed by atoms with Gasteiger partial charge < -0.3 is 9.72 Å². The predicted molar refractivity (Wildman–Crippen MR) is 114 cm³/mol. The van der Waals surface area contributed by atoms with Gasteiger partial charge in [0, 0.05) is 10.9 Å². The van der Waals surface area contributed by atoms with Gasteiger partial charge in [-0.3, -0.25) is 9.59 Å². The lowest BCUT2D eigenvalue weighted by atomic mass is 10.1. The molecule has 0 aliphatic rings. The third-order valence-electron chi connectivity index (χ3n) is 4.58. The lowest BCUT2D eigenvalue weighted by Crippen LogP contribution is -2.33. The van der Waals surface area contributed by atoms with E-state index in [2.05, 4.69) is 15.5 Å². The number of pyridine rings is 1. The van der Waals surface area contributed by atoms with Crippen LogP contribution in [0.1, 0.15) is 12.5 Å². The number of hydrazone groups is 1. The number of ether oxygens (including phenoxy) is 1. The van der Waals surface area contributed by atoms with Crippen LogP contribution < -0.4 is 15.7 Å². The molecule has 144 valence electrons. The molecule has 1 aromatic heterocycles. The Morgan fingerprint density at radius 2 is 1.76 bits per heavy atom. The molecule has 1 amide bonds. The maximum absolute atomic E-state index is 12.3. The van der Waals surface area contributed by atoms with E-state index in [-0.39, 0.29) is 5.56 Å². The van der Waals surface area contributed by atoms with Crippen LogP contribution in [0, 0.1) is 0 Å². The number of fused-ring (bicyclic) bond motifs is 2. The van der Waals surface area contributed by atoms with Crippen LogP contribution >= 0.6 is 0 Å². The first-order valence-electron chi connectivity index (χ1n) is 9.21. The van der Waals surface area contributed by atoms with Crippen molar-refractivity contribution >= 4 is 33.8 Å². The van der Waals surface area contributed by atoms with E-state index in [0.29, 0.717) is 11.3 Å². The van der Waals surface area contributed by atoms with Gasteiger partial charge in [0.25, 0.3) is 11.5 Å². The smallest absolute Gasteiger partial charge is 0.280 e. The number of carbonyl (C=O) groups excluding carboxylic acids is 1. The number of hydrogen-bond donors (Lipinski definition) is 2. The molecule has 2 N–H and O–H groups in total. The molecule has 1 atom stereocenters. The summed E-state index contributed by atoms with van der Waals surface area (Å²) in [6, 6.07) is 22.7. The van der Waals surface area contributed by atoms with Crippen LogP contribution in [0.3, 0.4) is 0 Å². The lowest BCUT2D eigenvalue weighted by molar-refractivity contribution is -0.127. The van der Waals surface area contributed by atoms with E-state index in [1.165, 1.54) is 6.21 Å². The zero-order chi connectivity index (χ0) is 20.2. The molecule has 6 heteroatoms. The summed E-state index contributed by atoms with van der Waals surface area (Å²) in [5.74, 6) is 0.215. The van der Waals surface area contributed by atoms with E-state index in [0.717, 1.165) is 21.7 Å². The normalized spacial score (nSPS) is 12.3. The van der Waals surface area contributed by atoms with Gasteiger partial charge >= 0.3 is 0 Å². The number of H-pyrrole nitrogens is 1. The van der Waals surface area contributed by atoms with E-state index in [1.807, 2.05) is 66.7 Å². The highest BCUT2D eigenvalue weighted by molar-refractivity contribution is 5.90. The number of rotatable bonds is 5. The monoisotopic (exact) mass is 385 g/mol. The van der Waals surface area contributed by atoms with Crippen molar-refractivity contribution in [3.8, 4) is 5.75 Å². The number of para-hydroxylation sites is 1. The Morgan fingerprint density at radius 1 is 1.03 bits per heavy atom. The van der Waals surface area contributed by atoms with Crippen LogP contribution in [0.15, 0.2) is 82.7 Å². The quantitative estimate of drug-likeness (QED) is 0.407. The van der Waals surface area contributed by atoms with Crippen molar-refractivity contribution < 1.29 is 9.53 Å². The van der Waals surface area contributed by atoms with Gasteiger partial charge in [0.1, 0.15) is 5.75 Å². The Bertz CT molecular complexity index is 1270. The van der Waals surface area contributed by atoms with Crippen molar-refractivity contribution in [2.45, 2.75) is 13.0 Å². The minimum absolute atomic E-state index is 0.276. The number of amides is 1. The molecule has 0 spiro atoms. The summed E-state index contributed by atoms with van der Waals surface area (Å²) < 4.78 is 5.82. The summed E-state index contributed by atoms with van der Waals surface area (Å²) in [5.41, 5.74) is 3.25. The Labute approximate surface area is 166 Å². The summed E-state index contributed by atoms with van der Waals surface area (Å²) >= 11 is 0. The summed E-state index contributed by atoms with van der Waals surface area (Å²) in [5, 5.41) is 6.76. The molecular formula is C23H19N3O3. The van der Waals surface area contributed by atoms with Crippen molar-refractivity contribution in [1.29, 1.82) is 0 Å². The maximum Gasteiger partial charge on any atom is 0.280 e. The van der Waals surface area contributed by atoms with E-state index >= 15 is 0 Å². The van der Waals surface area contributed by atoms with Crippen molar-refractivity contribution in [3.05, 3.63) is 88.7 Å². The van der Waals surface area contributed by atoms with Gasteiger partial charge in [-0.1, -0.05) is 54.6 Å². The van der Waals surface area contributed by atoms with Crippen molar-refractivity contribution in [3.63, 3.8) is 0 Å². The van der Waals surface area contributed by atoms with Gasteiger partial charge in [0.2, 0.25) is 0 Å². The highest BCUT2D eigenvalue weighted by atomic mass is 16.5. The van der Waals surface area contributed by atoms with Crippen molar-refractivity contribution in [2.24, 2.45) is 5.10 Å². The second kappa shape index (κ2) is 7.98. The second-order valence-electron chi connectivity index (χ2n) is 6.61. The number of aromatic amines is 1. The summed E-state index contributed by atoms with van der Waals surface area (Å²) in [6.07, 6.45) is 0.571. The molecule has 0 radical (unpaired) electrons. The van der Waals surface area contributed by atoms with E-state index in [4.69, 9.17) is 4.74 Å².